The number of halogens is 1. The van der Waals surface area contributed by atoms with Gasteiger partial charge in [0.25, 0.3) is 0 Å². The topological polar surface area (TPSA) is 43.4 Å². The fraction of sp³-hybridized carbons (Fsp3) is 0.250. The van der Waals surface area contributed by atoms with E-state index >= 15 is 0 Å². The van der Waals surface area contributed by atoms with Gasteiger partial charge in [-0.25, -0.2) is 0 Å². The number of benzene rings is 3. The van der Waals surface area contributed by atoms with Gasteiger partial charge in [0.05, 0.1) is 6.16 Å². The first-order valence-electron chi connectivity index (χ1n) is 15.2. The highest BCUT2D eigenvalue weighted by atomic mass is 79.9. The summed E-state index contributed by atoms with van der Waals surface area (Å²) in [4.78, 5) is 24.3. The molecule has 0 N–H and O–H groups in total. The number of Topliss-reactive ketones (excluding diaryl/α,β-unsaturated/α-hetero) is 1. The molecule has 0 amide bonds. The molecular formula is C40H44BrO3P. The molecule has 0 heterocycles. The van der Waals surface area contributed by atoms with Crippen LogP contribution >= 0.6 is 7.26 Å². The molecule has 234 valence electrons. The number of hydrogen-bond acceptors (Lipinski definition) is 3. The molecule has 3 nitrogen and oxygen atoms in total. The Kier molecular flexibility index (Phi) is 12.8. The van der Waals surface area contributed by atoms with Crippen LogP contribution in [0.5, 0.6) is 0 Å². The Morgan fingerprint density at radius 2 is 1.31 bits per heavy atom. The standard InChI is InChI=1S/C40H44O3P.BrH/c1-30(25-26-37-32(3)39(42)38(43-33(4)41)29-40(37,5)6)17-16-18-31(2)27-28-44(34-19-10-7-11-20-34,35-21-12-8-13-22-35)36-23-14-9-15-24-36;/h7-27,38H,28-29H2,1-6H3;1H/q+1;/p-1. The average molecular weight is 684 g/mol. The number of carbonyl (C=O) groups is 2. The Balaban J connectivity index is 0.00000552. The van der Waals surface area contributed by atoms with E-state index in [1.807, 2.05) is 13.0 Å². The van der Waals surface area contributed by atoms with E-state index in [2.05, 4.69) is 149 Å². The van der Waals surface area contributed by atoms with Crippen LogP contribution in [0.1, 0.15) is 48.0 Å². The number of esters is 1. The van der Waals surface area contributed by atoms with E-state index in [9.17, 15) is 9.59 Å². The SMILES string of the molecule is CC(=O)OC1CC(C)(C)C(C=CC(C)=CC=CC(C)=CC[P+](c2ccccc2)(c2ccccc2)c2ccccc2)=C(C)C1=O.[Br-]. The molecule has 0 bridgehead atoms. The molecule has 3 aromatic rings. The summed E-state index contributed by atoms with van der Waals surface area (Å²) in [5.41, 5.74) is 3.66. The van der Waals surface area contributed by atoms with Gasteiger partial charge >= 0.3 is 5.97 Å². The van der Waals surface area contributed by atoms with Gasteiger partial charge in [-0.2, -0.15) is 0 Å². The minimum atomic E-state index is -1.92. The van der Waals surface area contributed by atoms with Crippen LogP contribution in [0.2, 0.25) is 0 Å². The van der Waals surface area contributed by atoms with Gasteiger partial charge in [-0.15, -0.1) is 0 Å². The van der Waals surface area contributed by atoms with Crippen molar-refractivity contribution in [2.75, 3.05) is 6.16 Å². The maximum atomic E-state index is 12.9. The summed E-state index contributed by atoms with van der Waals surface area (Å²) in [6, 6.07) is 32.8. The van der Waals surface area contributed by atoms with E-state index in [1.165, 1.54) is 28.4 Å². The number of ketones is 1. The summed E-state index contributed by atoms with van der Waals surface area (Å²) in [7, 11) is -1.92. The molecule has 0 saturated carbocycles. The van der Waals surface area contributed by atoms with E-state index in [0.29, 0.717) is 12.0 Å². The molecule has 1 aliphatic rings. The zero-order valence-corrected chi connectivity index (χ0v) is 29.6. The molecule has 0 aromatic heterocycles. The number of ether oxygens (including phenoxy) is 1. The van der Waals surface area contributed by atoms with Crippen LogP contribution in [-0.2, 0) is 14.3 Å². The summed E-state index contributed by atoms with van der Waals surface area (Å²) in [5.74, 6) is -0.532. The highest BCUT2D eigenvalue weighted by molar-refractivity contribution is 7.95. The molecule has 4 rings (SSSR count). The van der Waals surface area contributed by atoms with Crippen LogP contribution in [0, 0.1) is 5.41 Å². The molecule has 1 aliphatic carbocycles. The van der Waals surface area contributed by atoms with Crippen molar-refractivity contribution in [3.8, 4) is 0 Å². The largest absolute Gasteiger partial charge is 1.00 e. The maximum absolute atomic E-state index is 12.9. The van der Waals surface area contributed by atoms with Gasteiger partial charge in [0, 0.05) is 13.3 Å². The third kappa shape index (κ3) is 8.78. The van der Waals surface area contributed by atoms with Gasteiger partial charge in [0.1, 0.15) is 23.2 Å². The predicted octanol–water partition coefficient (Wildman–Crippen LogP) is 5.24. The van der Waals surface area contributed by atoms with E-state index in [0.717, 1.165) is 17.3 Å². The molecule has 0 fully saturated rings. The minimum absolute atomic E-state index is 0. The van der Waals surface area contributed by atoms with E-state index in [4.69, 9.17) is 4.74 Å². The van der Waals surface area contributed by atoms with E-state index in [-0.39, 0.29) is 28.2 Å². The van der Waals surface area contributed by atoms with Crippen molar-refractivity contribution in [3.63, 3.8) is 0 Å². The average Bonchev–Trinajstić information content (AvgIpc) is 3.01. The highest BCUT2D eigenvalue weighted by Gasteiger charge is 2.44. The van der Waals surface area contributed by atoms with Crippen LogP contribution in [0.25, 0.3) is 0 Å². The Bertz CT molecular complexity index is 1520. The van der Waals surface area contributed by atoms with Gasteiger partial charge < -0.3 is 21.7 Å². The van der Waals surface area contributed by atoms with E-state index < -0.39 is 19.3 Å². The van der Waals surface area contributed by atoms with Crippen LogP contribution < -0.4 is 32.9 Å². The fourth-order valence-electron chi connectivity index (χ4n) is 5.98. The van der Waals surface area contributed by atoms with Crippen LogP contribution in [0.15, 0.2) is 150 Å². The Labute approximate surface area is 280 Å². The lowest BCUT2D eigenvalue weighted by Crippen LogP contribution is -3.00. The van der Waals surface area contributed by atoms with Gasteiger partial charge in [0.15, 0.2) is 11.9 Å². The summed E-state index contributed by atoms with van der Waals surface area (Å²) in [5, 5.41) is 4.12. The van der Waals surface area contributed by atoms with Crippen molar-refractivity contribution < 1.29 is 31.3 Å². The van der Waals surface area contributed by atoms with Crippen molar-refractivity contribution in [1.29, 1.82) is 0 Å². The number of rotatable bonds is 10. The van der Waals surface area contributed by atoms with Gasteiger partial charge in [0.2, 0.25) is 0 Å². The second kappa shape index (κ2) is 16.1. The third-order valence-electron chi connectivity index (χ3n) is 8.31. The predicted molar refractivity (Wildman–Crippen MR) is 187 cm³/mol. The van der Waals surface area contributed by atoms with Crippen molar-refractivity contribution in [2.45, 2.75) is 54.1 Å². The molecule has 0 saturated heterocycles. The lowest BCUT2D eigenvalue weighted by molar-refractivity contribution is -0.153. The molecular weight excluding hydrogens is 639 g/mol. The Hall–Kier alpha value is -3.59. The summed E-state index contributed by atoms with van der Waals surface area (Å²) < 4.78 is 5.30. The first-order chi connectivity index (χ1) is 21.0. The summed E-state index contributed by atoms with van der Waals surface area (Å²) in [6.07, 6.45) is 13.5. The van der Waals surface area contributed by atoms with Crippen LogP contribution in [-0.4, -0.2) is 24.0 Å². The smallest absolute Gasteiger partial charge is 0.303 e. The first kappa shape index (κ1) is 35.9. The summed E-state index contributed by atoms with van der Waals surface area (Å²) in [6.45, 7) is 11.6. The molecule has 0 spiro atoms. The molecule has 0 aliphatic heterocycles. The number of allylic oxidation sites excluding steroid dienone is 9. The van der Waals surface area contributed by atoms with Gasteiger partial charge in [-0.05, 0) is 79.8 Å². The zero-order chi connectivity index (χ0) is 31.7. The Morgan fingerprint density at radius 3 is 1.78 bits per heavy atom. The molecule has 1 unspecified atom stereocenters. The lowest BCUT2D eigenvalue weighted by atomic mass is 9.71. The highest BCUT2D eigenvalue weighted by Crippen LogP contribution is 2.55. The number of hydrogen-bond donors (Lipinski definition) is 0. The molecule has 1 atom stereocenters. The van der Waals surface area contributed by atoms with Gasteiger partial charge in [-0.1, -0.05) is 110 Å². The molecule has 3 aromatic carbocycles. The first-order valence-corrected chi connectivity index (χ1v) is 17.2. The van der Waals surface area contributed by atoms with Crippen molar-refractivity contribution in [1.82, 2.24) is 0 Å². The van der Waals surface area contributed by atoms with Crippen LogP contribution in [0.3, 0.4) is 0 Å². The van der Waals surface area contributed by atoms with Crippen LogP contribution in [0.4, 0.5) is 0 Å². The van der Waals surface area contributed by atoms with Crippen molar-refractivity contribution >= 4 is 34.9 Å². The molecule has 5 heteroatoms. The maximum Gasteiger partial charge on any atom is 0.303 e. The normalized spacial score (nSPS) is 17.5. The second-order valence-corrected chi connectivity index (χ2v) is 15.7. The zero-order valence-electron chi connectivity index (χ0n) is 27.2. The fourth-order valence-corrected chi connectivity index (χ4v) is 10.1. The second-order valence-electron chi connectivity index (χ2n) is 12.1. The van der Waals surface area contributed by atoms with Crippen molar-refractivity contribution in [3.05, 3.63) is 150 Å². The third-order valence-corrected chi connectivity index (χ3v) is 12.6. The number of carbonyl (C=O) groups excluding carboxylic acids is 2. The molecule has 45 heavy (non-hydrogen) atoms. The van der Waals surface area contributed by atoms with Crippen molar-refractivity contribution in [2.24, 2.45) is 5.41 Å². The quantitative estimate of drug-likeness (QED) is 0.167. The van der Waals surface area contributed by atoms with Gasteiger partial charge in [-0.3, -0.25) is 9.59 Å². The molecule has 0 radical (unpaired) electrons. The monoisotopic (exact) mass is 682 g/mol. The van der Waals surface area contributed by atoms with E-state index in [1.54, 1.807) is 0 Å². The summed E-state index contributed by atoms with van der Waals surface area (Å²) >= 11 is 0. The lowest BCUT2D eigenvalue weighted by Gasteiger charge is -2.36. The minimum Gasteiger partial charge on any atom is -1.00 e. The Morgan fingerprint density at radius 1 is 0.822 bits per heavy atom.